The third-order valence-electron chi connectivity index (χ3n) is 8.49. The number of aryl methyl sites for hydroxylation is 1. The molecule has 4 unspecified atom stereocenters. The quantitative estimate of drug-likeness (QED) is 0.465. The molecule has 0 amide bonds. The molecule has 0 bridgehead atoms. The van der Waals surface area contributed by atoms with E-state index in [1.165, 1.54) is 6.42 Å². The molecule has 3 aliphatic rings. The Bertz CT molecular complexity index is 1190. The molecule has 2 N–H and O–H groups in total. The first-order valence-corrected chi connectivity index (χ1v) is 13.6. The average molecular weight is 574 g/mol. The minimum atomic E-state index is -5.56. The summed E-state index contributed by atoms with van der Waals surface area (Å²) in [6.45, 7) is 4.56. The van der Waals surface area contributed by atoms with Crippen molar-refractivity contribution < 1.29 is 36.2 Å². The second-order valence-corrected chi connectivity index (χ2v) is 11.0. The van der Waals surface area contributed by atoms with Crippen LogP contribution in [0.15, 0.2) is 30.5 Å². The van der Waals surface area contributed by atoms with Gasteiger partial charge < -0.3 is 15.3 Å². The van der Waals surface area contributed by atoms with Gasteiger partial charge in [0.1, 0.15) is 6.04 Å². The minimum absolute atomic E-state index is 0.0675. The Morgan fingerprint density at radius 2 is 1.70 bits per heavy atom. The number of rotatable bonds is 7. The van der Waals surface area contributed by atoms with Gasteiger partial charge in [-0.15, -0.1) is 0 Å². The third-order valence-corrected chi connectivity index (χ3v) is 8.49. The highest BCUT2D eigenvalue weighted by Crippen LogP contribution is 2.49. The molecule has 3 fully saturated rings. The number of anilines is 1. The summed E-state index contributed by atoms with van der Waals surface area (Å²) in [5.74, 6) is -7.11. The summed E-state index contributed by atoms with van der Waals surface area (Å²) in [5.41, 5.74) is 3.47. The van der Waals surface area contributed by atoms with Gasteiger partial charge in [-0.1, -0.05) is 18.2 Å². The van der Waals surface area contributed by atoms with E-state index >= 15 is 0 Å². The average Bonchev–Trinajstić information content (AvgIpc) is 3.57. The molecule has 0 radical (unpaired) electrons. The largest absolute Gasteiger partial charge is 0.480 e. The van der Waals surface area contributed by atoms with E-state index in [4.69, 9.17) is 5.10 Å². The molecule has 0 saturated carbocycles. The number of hydrogen-bond acceptors (Lipinski definition) is 5. The van der Waals surface area contributed by atoms with E-state index in [1.54, 1.807) is 9.58 Å². The van der Waals surface area contributed by atoms with Crippen LogP contribution < -0.4 is 10.2 Å². The van der Waals surface area contributed by atoms with E-state index in [1.807, 2.05) is 37.4 Å². The van der Waals surface area contributed by atoms with E-state index in [0.717, 1.165) is 42.7 Å². The Hall–Kier alpha value is -2.80. The van der Waals surface area contributed by atoms with Crippen molar-refractivity contribution in [3.8, 4) is 11.3 Å². The van der Waals surface area contributed by atoms with Crippen molar-refractivity contribution in [1.29, 1.82) is 0 Å². The van der Waals surface area contributed by atoms with Gasteiger partial charge in [-0.05, 0) is 38.2 Å². The highest BCUT2D eigenvalue weighted by atomic mass is 19.4. The number of benzene rings is 1. The van der Waals surface area contributed by atoms with E-state index in [0.29, 0.717) is 12.2 Å². The number of fused-ring (bicyclic) bond motifs is 1. The molecule has 220 valence electrons. The number of para-hydroxylation sites is 1. The first-order valence-electron chi connectivity index (χ1n) is 13.6. The molecule has 3 saturated heterocycles. The van der Waals surface area contributed by atoms with Crippen molar-refractivity contribution in [2.75, 3.05) is 31.1 Å². The topological polar surface area (TPSA) is 73.6 Å². The summed E-state index contributed by atoms with van der Waals surface area (Å²) in [4.78, 5) is 16.0. The van der Waals surface area contributed by atoms with Crippen molar-refractivity contribution in [3.05, 3.63) is 36.0 Å². The van der Waals surface area contributed by atoms with Crippen LogP contribution >= 0.6 is 0 Å². The van der Waals surface area contributed by atoms with Crippen molar-refractivity contribution in [3.63, 3.8) is 0 Å². The maximum absolute atomic E-state index is 13.6. The number of carboxylic acid groups (broad SMARTS) is 1. The fraction of sp³-hybridized carbons (Fsp3) is 0.630. The fourth-order valence-electron chi connectivity index (χ4n) is 6.74. The zero-order chi connectivity index (χ0) is 28.8. The van der Waals surface area contributed by atoms with E-state index in [9.17, 15) is 36.2 Å². The predicted molar refractivity (Wildman–Crippen MR) is 136 cm³/mol. The zero-order valence-electron chi connectivity index (χ0n) is 22.0. The van der Waals surface area contributed by atoms with Crippen LogP contribution in [0.1, 0.15) is 31.7 Å². The van der Waals surface area contributed by atoms with Gasteiger partial charge in [0, 0.05) is 74.2 Å². The fourth-order valence-corrected chi connectivity index (χ4v) is 6.74. The van der Waals surface area contributed by atoms with Crippen LogP contribution in [-0.4, -0.2) is 76.4 Å². The number of aliphatic carboxylic acids is 1. The van der Waals surface area contributed by atoms with Gasteiger partial charge in [0.2, 0.25) is 0 Å². The van der Waals surface area contributed by atoms with Crippen LogP contribution in [0.3, 0.4) is 0 Å². The Kier molecular flexibility index (Phi) is 7.81. The first-order chi connectivity index (χ1) is 18.9. The molecular weight excluding hydrogens is 540 g/mol. The second kappa shape index (κ2) is 10.9. The lowest BCUT2D eigenvalue weighted by atomic mass is 9.84. The van der Waals surface area contributed by atoms with Gasteiger partial charge in [0.05, 0.1) is 5.69 Å². The van der Waals surface area contributed by atoms with Gasteiger partial charge in [-0.2, -0.15) is 31.4 Å². The number of piperidine rings is 1. The number of nitrogens with one attached hydrogen (secondary N) is 1. The monoisotopic (exact) mass is 573 g/mol. The molecule has 13 heteroatoms. The summed E-state index contributed by atoms with van der Waals surface area (Å²) in [6, 6.07) is 4.32. The number of alkyl halides is 6. The van der Waals surface area contributed by atoms with Gasteiger partial charge in [0.25, 0.3) is 0 Å². The van der Waals surface area contributed by atoms with Crippen molar-refractivity contribution in [2.45, 2.75) is 63.7 Å². The smallest absolute Gasteiger partial charge is 0.402 e. The van der Waals surface area contributed by atoms with Crippen LogP contribution in [0.5, 0.6) is 0 Å². The highest BCUT2D eigenvalue weighted by molar-refractivity contribution is 5.78. The summed E-state index contributed by atoms with van der Waals surface area (Å²) in [5, 5.41) is 16.6. The number of aromatic nitrogens is 2. The van der Waals surface area contributed by atoms with Crippen LogP contribution in [0.4, 0.5) is 32.0 Å². The lowest BCUT2D eigenvalue weighted by molar-refractivity contribution is -0.293. The van der Waals surface area contributed by atoms with Gasteiger partial charge in [-0.3, -0.25) is 14.4 Å². The third kappa shape index (κ3) is 5.54. The van der Waals surface area contributed by atoms with Gasteiger partial charge >= 0.3 is 18.3 Å². The van der Waals surface area contributed by atoms with E-state index in [2.05, 4.69) is 10.2 Å². The molecule has 5 rings (SSSR count). The minimum Gasteiger partial charge on any atom is -0.480 e. The molecule has 7 nitrogen and oxygen atoms in total. The summed E-state index contributed by atoms with van der Waals surface area (Å²) in [7, 11) is 0. The number of hydrogen-bond donors (Lipinski definition) is 2. The lowest BCUT2D eigenvalue weighted by Gasteiger charge is -2.32. The highest BCUT2D eigenvalue weighted by Gasteiger charge is 2.66. The molecular formula is C27H33F6N5O2. The predicted octanol–water partition coefficient (Wildman–Crippen LogP) is 4.77. The number of carbonyl (C=O) groups is 1. The van der Waals surface area contributed by atoms with Gasteiger partial charge in [-0.25, -0.2) is 0 Å². The SMILES string of the molecule is CCn1cc(CN2CC3C(C(=O)O)NC(C(C(F)(F)F)C(F)(F)F)C3C2)c(-c2ccccc2N2CCCCC2)n1. The number of likely N-dealkylation sites (tertiary alicyclic amines) is 1. The van der Waals surface area contributed by atoms with Crippen molar-refractivity contribution in [2.24, 2.45) is 17.8 Å². The number of nitrogens with zero attached hydrogens (tertiary/aromatic N) is 4. The summed E-state index contributed by atoms with van der Waals surface area (Å²) < 4.78 is 83.6. The maximum atomic E-state index is 13.6. The summed E-state index contributed by atoms with van der Waals surface area (Å²) >= 11 is 0. The Balaban J connectivity index is 1.44. The molecule has 0 spiro atoms. The molecule has 0 aliphatic carbocycles. The molecule has 40 heavy (non-hydrogen) atoms. The standard InChI is InChI=1S/C27H33F6N5O2/c1-2-38-13-16(21(35-38)17-8-4-5-9-20(17)37-10-6-3-7-11-37)12-36-14-18-19(15-36)23(25(39)40)34-22(18)24(26(28,29)30)27(31,32)33/h4-5,8-9,13,18-19,22-24,34H,2-3,6-7,10-12,14-15H2,1H3,(H,39,40). The maximum Gasteiger partial charge on any atom is 0.402 e. The molecule has 4 atom stereocenters. The number of carboxylic acids is 1. The molecule has 1 aromatic carbocycles. The van der Waals surface area contributed by atoms with E-state index < -0.39 is 48.2 Å². The normalized spacial score (nSPS) is 26.1. The van der Waals surface area contributed by atoms with Crippen LogP contribution in [-0.2, 0) is 17.9 Å². The molecule has 2 aromatic rings. The van der Waals surface area contributed by atoms with Crippen molar-refractivity contribution >= 4 is 11.7 Å². The van der Waals surface area contributed by atoms with Crippen LogP contribution in [0.25, 0.3) is 11.3 Å². The second-order valence-electron chi connectivity index (χ2n) is 11.0. The zero-order valence-corrected chi connectivity index (χ0v) is 22.0. The Morgan fingerprint density at radius 3 is 2.33 bits per heavy atom. The lowest BCUT2D eigenvalue weighted by Crippen LogP contribution is -2.53. The Morgan fingerprint density at radius 1 is 1.05 bits per heavy atom. The van der Waals surface area contributed by atoms with Crippen LogP contribution in [0.2, 0.25) is 0 Å². The number of halogens is 6. The molecule has 1 aromatic heterocycles. The summed E-state index contributed by atoms with van der Waals surface area (Å²) in [6.07, 6.45) is -5.93. The molecule has 3 aliphatic heterocycles. The van der Waals surface area contributed by atoms with Crippen molar-refractivity contribution in [1.82, 2.24) is 20.0 Å². The van der Waals surface area contributed by atoms with Gasteiger partial charge in [0.15, 0.2) is 5.92 Å². The van der Waals surface area contributed by atoms with Crippen LogP contribution in [0, 0.1) is 17.8 Å². The molecule has 4 heterocycles. The first kappa shape index (κ1) is 28.7. The van der Waals surface area contributed by atoms with E-state index in [-0.39, 0.29) is 19.6 Å². The Labute approximate surface area is 228 Å².